The summed E-state index contributed by atoms with van der Waals surface area (Å²) in [5.41, 5.74) is 3.82. The second kappa shape index (κ2) is 4.47. The highest BCUT2D eigenvalue weighted by Crippen LogP contribution is 2.18. The lowest BCUT2D eigenvalue weighted by Gasteiger charge is -2.02. The number of fused-ring (bicyclic) bond motifs is 1. The fourth-order valence-electron chi connectivity index (χ4n) is 1.50. The van der Waals surface area contributed by atoms with Crippen LogP contribution in [-0.2, 0) is 11.2 Å². The zero-order valence-corrected chi connectivity index (χ0v) is 9.16. The molecule has 0 bridgehead atoms. The number of carbonyl (C=O) groups is 1. The van der Waals surface area contributed by atoms with Gasteiger partial charge in [-0.15, -0.1) is 0 Å². The molecule has 1 amide bonds. The van der Waals surface area contributed by atoms with Crippen LogP contribution in [0.3, 0.4) is 0 Å². The van der Waals surface area contributed by atoms with E-state index in [0.29, 0.717) is 5.02 Å². The van der Waals surface area contributed by atoms with Crippen molar-refractivity contribution in [1.82, 2.24) is 10.4 Å². The number of carbonyl (C=O) groups excluding carboxylic acids is 1. The molecule has 16 heavy (non-hydrogen) atoms. The van der Waals surface area contributed by atoms with Crippen molar-refractivity contribution in [2.45, 2.75) is 6.42 Å². The van der Waals surface area contributed by atoms with Crippen LogP contribution in [0.1, 0.15) is 5.56 Å². The number of hydrogen-bond donors (Lipinski definition) is 2. The Kier molecular flexibility index (Phi) is 3.03. The summed E-state index contributed by atoms with van der Waals surface area (Å²) < 4.78 is 0. The number of hydrazine groups is 1. The molecule has 0 saturated carbocycles. The van der Waals surface area contributed by atoms with Gasteiger partial charge in [0.2, 0.25) is 5.91 Å². The van der Waals surface area contributed by atoms with Crippen LogP contribution >= 0.6 is 11.6 Å². The number of aromatic nitrogens is 1. The van der Waals surface area contributed by atoms with E-state index in [0.717, 1.165) is 16.5 Å². The average Bonchev–Trinajstić information content (AvgIpc) is 2.28. The van der Waals surface area contributed by atoms with Gasteiger partial charge in [0.1, 0.15) is 0 Å². The number of hydrogen-bond acceptors (Lipinski definition) is 3. The molecule has 1 aromatic heterocycles. The Labute approximate surface area is 97.4 Å². The maximum Gasteiger partial charge on any atom is 0.238 e. The van der Waals surface area contributed by atoms with E-state index in [1.165, 1.54) is 0 Å². The van der Waals surface area contributed by atoms with E-state index >= 15 is 0 Å². The largest absolute Gasteiger partial charge is 0.294 e. The molecule has 2 rings (SSSR count). The molecule has 1 heterocycles. The molecular formula is C11H10ClN3O. The number of nitrogens with two attached hydrogens (primary N) is 1. The van der Waals surface area contributed by atoms with Crippen molar-refractivity contribution in [3.63, 3.8) is 0 Å². The van der Waals surface area contributed by atoms with Crippen LogP contribution in [0.4, 0.5) is 0 Å². The van der Waals surface area contributed by atoms with Crippen molar-refractivity contribution in [3.05, 3.63) is 41.0 Å². The van der Waals surface area contributed by atoms with Gasteiger partial charge in [-0.25, -0.2) is 5.84 Å². The van der Waals surface area contributed by atoms with Gasteiger partial charge in [0.05, 0.1) is 17.0 Å². The molecule has 0 radical (unpaired) electrons. The first-order valence-corrected chi connectivity index (χ1v) is 5.10. The molecule has 0 unspecified atom stereocenters. The third-order valence-corrected chi connectivity index (χ3v) is 2.44. The van der Waals surface area contributed by atoms with Crippen LogP contribution in [0.5, 0.6) is 0 Å². The minimum Gasteiger partial charge on any atom is -0.294 e. The standard InChI is InChI=1S/C11H10ClN3O/c12-9-5-8-3-7(4-11(16)15-13)1-2-10(8)14-6-9/h1-3,5-6H,4,13H2,(H,15,16). The number of halogens is 1. The van der Waals surface area contributed by atoms with E-state index in [1.807, 2.05) is 24.3 Å². The lowest BCUT2D eigenvalue weighted by Crippen LogP contribution is -2.31. The zero-order chi connectivity index (χ0) is 11.5. The number of amides is 1. The number of benzene rings is 1. The molecule has 82 valence electrons. The van der Waals surface area contributed by atoms with Gasteiger partial charge in [0.25, 0.3) is 0 Å². The third kappa shape index (κ3) is 2.29. The molecule has 3 N–H and O–H groups in total. The van der Waals surface area contributed by atoms with Gasteiger partial charge in [-0.3, -0.25) is 15.2 Å². The van der Waals surface area contributed by atoms with Gasteiger partial charge in [-0.05, 0) is 23.8 Å². The molecule has 0 atom stereocenters. The van der Waals surface area contributed by atoms with Gasteiger partial charge in [0, 0.05) is 11.6 Å². The summed E-state index contributed by atoms with van der Waals surface area (Å²) in [5.74, 6) is 4.80. The van der Waals surface area contributed by atoms with Gasteiger partial charge < -0.3 is 0 Å². The smallest absolute Gasteiger partial charge is 0.238 e. The van der Waals surface area contributed by atoms with Crippen LogP contribution in [0.25, 0.3) is 10.9 Å². The van der Waals surface area contributed by atoms with Crippen LogP contribution in [0, 0.1) is 0 Å². The van der Waals surface area contributed by atoms with Crippen LogP contribution in [0.2, 0.25) is 5.02 Å². The molecular weight excluding hydrogens is 226 g/mol. The summed E-state index contributed by atoms with van der Waals surface area (Å²) >= 11 is 5.84. The predicted molar refractivity (Wildman–Crippen MR) is 62.8 cm³/mol. The van der Waals surface area contributed by atoms with Crippen LogP contribution in [-0.4, -0.2) is 10.9 Å². The Hall–Kier alpha value is -1.65. The predicted octanol–water partition coefficient (Wildman–Crippen LogP) is 1.42. The minimum atomic E-state index is -0.227. The number of nitrogens with zero attached hydrogens (tertiary/aromatic N) is 1. The van der Waals surface area contributed by atoms with E-state index in [2.05, 4.69) is 10.4 Å². The Morgan fingerprint density at radius 2 is 2.25 bits per heavy atom. The zero-order valence-electron chi connectivity index (χ0n) is 8.40. The van der Waals surface area contributed by atoms with Gasteiger partial charge in [0.15, 0.2) is 0 Å². The summed E-state index contributed by atoms with van der Waals surface area (Å²) in [6, 6.07) is 7.39. The highest BCUT2D eigenvalue weighted by Gasteiger charge is 2.03. The Morgan fingerprint density at radius 3 is 3.00 bits per heavy atom. The summed E-state index contributed by atoms with van der Waals surface area (Å²) in [7, 11) is 0. The minimum absolute atomic E-state index is 0.227. The van der Waals surface area contributed by atoms with Crippen LogP contribution in [0.15, 0.2) is 30.5 Å². The molecule has 0 aliphatic carbocycles. The highest BCUT2D eigenvalue weighted by atomic mass is 35.5. The van der Waals surface area contributed by atoms with E-state index in [-0.39, 0.29) is 12.3 Å². The molecule has 1 aromatic carbocycles. The SMILES string of the molecule is NNC(=O)Cc1ccc2ncc(Cl)cc2c1. The Balaban J connectivity index is 2.39. The summed E-state index contributed by atoms with van der Waals surface area (Å²) in [6.45, 7) is 0. The summed E-state index contributed by atoms with van der Waals surface area (Å²) in [4.78, 5) is 15.3. The quantitative estimate of drug-likeness (QED) is 0.470. The van der Waals surface area contributed by atoms with Crippen molar-refractivity contribution in [1.29, 1.82) is 0 Å². The first-order valence-electron chi connectivity index (χ1n) is 4.72. The fourth-order valence-corrected chi connectivity index (χ4v) is 1.67. The molecule has 5 heteroatoms. The lowest BCUT2D eigenvalue weighted by molar-refractivity contribution is -0.120. The molecule has 0 aliphatic rings. The summed E-state index contributed by atoms with van der Waals surface area (Å²) in [6.07, 6.45) is 1.84. The average molecular weight is 236 g/mol. The second-order valence-electron chi connectivity index (χ2n) is 3.42. The summed E-state index contributed by atoms with van der Waals surface area (Å²) in [5, 5.41) is 1.49. The topological polar surface area (TPSA) is 68.0 Å². The van der Waals surface area contributed by atoms with Crippen LogP contribution < -0.4 is 11.3 Å². The monoisotopic (exact) mass is 235 g/mol. The van der Waals surface area contributed by atoms with Crippen molar-refractivity contribution in [3.8, 4) is 0 Å². The molecule has 0 aliphatic heterocycles. The third-order valence-electron chi connectivity index (χ3n) is 2.24. The van der Waals surface area contributed by atoms with Gasteiger partial charge in [-0.1, -0.05) is 17.7 Å². The van der Waals surface area contributed by atoms with Gasteiger partial charge >= 0.3 is 0 Å². The van der Waals surface area contributed by atoms with Crippen molar-refractivity contribution in [2.24, 2.45) is 5.84 Å². The Morgan fingerprint density at radius 1 is 1.44 bits per heavy atom. The highest BCUT2D eigenvalue weighted by molar-refractivity contribution is 6.31. The Bertz CT molecular complexity index is 542. The second-order valence-corrected chi connectivity index (χ2v) is 3.86. The lowest BCUT2D eigenvalue weighted by atomic mass is 10.1. The van der Waals surface area contributed by atoms with Gasteiger partial charge in [-0.2, -0.15) is 0 Å². The van der Waals surface area contributed by atoms with E-state index in [1.54, 1.807) is 6.20 Å². The first kappa shape index (κ1) is 10.9. The van der Waals surface area contributed by atoms with Crippen molar-refractivity contribution < 1.29 is 4.79 Å². The molecule has 0 saturated heterocycles. The van der Waals surface area contributed by atoms with E-state index in [4.69, 9.17) is 17.4 Å². The first-order chi connectivity index (χ1) is 7.69. The molecule has 0 fully saturated rings. The molecule has 0 spiro atoms. The molecule has 2 aromatic rings. The maximum absolute atomic E-state index is 11.1. The maximum atomic E-state index is 11.1. The number of pyridine rings is 1. The normalized spacial score (nSPS) is 10.4. The molecule has 4 nitrogen and oxygen atoms in total. The number of rotatable bonds is 2. The van der Waals surface area contributed by atoms with E-state index in [9.17, 15) is 4.79 Å². The van der Waals surface area contributed by atoms with E-state index < -0.39 is 0 Å². The fraction of sp³-hybridized carbons (Fsp3) is 0.0909. The van der Waals surface area contributed by atoms with Crippen molar-refractivity contribution in [2.75, 3.05) is 0 Å². The van der Waals surface area contributed by atoms with Crippen molar-refractivity contribution >= 4 is 28.4 Å². The number of nitrogens with one attached hydrogen (secondary N) is 1.